The minimum atomic E-state index is -0.445. The fourth-order valence-corrected chi connectivity index (χ4v) is 3.71. The Labute approximate surface area is 173 Å². The summed E-state index contributed by atoms with van der Waals surface area (Å²) in [6.45, 7) is 5.58. The van der Waals surface area contributed by atoms with Gasteiger partial charge in [0.15, 0.2) is 10.9 Å². The summed E-state index contributed by atoms with van der Waals surface area (Å²) in [7, 11) is 0. The summed E-state index contributed by atoms with van der Waals surface area (Å²) in [6.07, 6.45) is 3.35. The van der Waals surface area contributed by atoms with Gasteiger partial charge in [-0.05, 0) is 32.9 Å². The topological polar surface area (TPSA) is 85.5 Å². The van der Waals surface area contributed by atoms with Crippen molar-refractivity contribution in [2.45, 2.75) is 37.7 Å². The minimum Gasteiger partial charge on any atom is -0.465 e. The number of amides is 1. The van der Waals surface area contributed by atoms with Crippen LogP contribution < -0.4 is 0 Å². The Kier molecular flexibility index (Phi) is 6.87. The Morgan fingerprint density at radius 2 is 1.90 bits per heavy atom. The molecule has 1 amide bonds. The second-order valence-electron chi connectivity index (χ2n) is 6.56. The van der Waals surface area contributed by atoms with Crippen LogP contribution in [0.3, 0.4) is 0 Å². The number of esters is 1. The Morgan fingerprint density at radius 1 is 1.17 bits per heavy atom. The molecule has 0 spiro atoms. The zero-order chi connectivity index (χ0) is 20.8. The van der Waals surface area contributed by atoms with E-state index in [1.54, 1.807) is 25.4 Å². The number of thioether (sulfide) groups is 1. The fraction of sp³-hybridized carbons (Fsp3) is 0.333. The molecule has 0 bridgehead atoms. The molecular formula is C21H23N3O4S. The molecule has 0 fully saturated rings. The number of rotatable bonds is 8. The molecule has 0 atom stereocenters. The molecule has 1 aromatic carbocycles. The SMILES string of the molecule is CCOC(=O)CN(C(=O)c1oc2ccccc2c1CSc1ncccn1)C(C)C. The standard InChI is InChI=1S/C21H23N3O4S/c1-4-27-18(25)12-24(14(2)3)20(26)19-16(13-29-21-22-10-7-11-23-21)15-8-5-6-9-17(15)28-19/h5-11,14H,4,12-13H2,1-3H3. The predicted molar refractivity (Wildman–Crippen MR) is 111 cm³/mol. The summed E-state index contributed by atoms with van der Waals surface area (Å²) >= 11 is 1.42. The van der Waals surface area contributed by atoms with Gasteiger partial charge in [0.1, 0.15) is 12.1 Å². The van der Waals surface area contributed by atoms with Crippen molar-refractivity contribution in [1.82, 2.24) is 14.9 Å². The maximum Gasteiger partial charge on any atom is 0.325 e. The van der Waals surface area contributed by atoms with E-state index in [-0.39, 0.29) is 30.9 Å². The Balaban J connectivity index is 1.94. The molecule has 3 aromatic rings. The first-order valence-electron chi connectivity index (χ1n) is 9.38. The van der Waals surface area contributed by atoms with Crippen molar-refractivity contribution in [3.8, 4) is 0 Å². The average Bonchev–Trinajstić information content (AvgIpc) is 3.09. The van der Waals surface area contributed by atoms with Gasteiger partial charge in [-0.3, -0.25) is 9.59 Å². The van der Waals surface area contributed by atoms with Gasteiger partial charge in [-0.2, -0.15) is 0 Å². The van der Waals surface area contributed by atoms with Crippen molar-refractivity contribution in [2.24, 2.45) is 0 Å². The summed E-state index contributed by atoms with van der Waals surface area (Å²) in [5.41, 5.74) is 1.39. The Hall–Kier alpha value is -2.87. The highest BCUT2D eigenvalue weighted by Gasteiger charge is 2.28. The number of carbonyl (C=O) groups is 2. The van der Waals surface area contributed by atoms with Crippen LogP contribution in [0.5, 0.6) is 0 Å². The minimum absolute atomic E-state index is 0.129. The molecule has 8 heteroatoms. The molecule has 2 heterocycles. The van der Waals surface area contributed by atoms with E-state index >= 15 is 0 Å². The lowest BCUT2D eigenvalue weighted by Gasteiger charge is -2.25. The molecule has 29 heavy (non-hydrogen) atoms. The van der Waals surface area contributed by atoms with Gasteiger partial charge in [-0.15, -0.1) is 0 Å². The van der Waals surface area contributed by atoms with Crippen LogP contribution in [0.4, 0.5) is 0 Å². The summed E-state index contributed by atoms with van der Waals surface area (Å²) in [4.78, 5) is 35.2. The zero-order valence-electron chi connectivity index (χ0n) is 16.6. The number of para-hydroxylation sites is 1. The van der Waals surface area contributed by atoms with E-state index in [4.69, 9.17) is 9.15 Å². The summed E-state index contributed by atoms with van der Waals surface area (Å²) in [6, 6.07) is 9.06. The number of hydrogen-bond acceptors (Lipinski definition) is 7. The lowest BCUT2D eigenvalue weighted by Crippen LogP contribution is -2.41. The molecule has 152 valence electrons. The zero-order valence-corrected chi connectivity index (χ0v) is 17.4. The molecule has 0 aliphatic carbocycles. The van der Waals surface area contributed by atoms with Crippen molar-refractivity contribution in [1.29, 1.82) is 0 Å². The van der Waals surface area contributed by atoms with Gasteiger partial charge in [-0.1, -0.05) is 30.0 Å². The number of benzene rings is 1. The molecule has 0 aliphatic rings. The number of aromatic nitrogens is 2. The van der Waals surface area contributed by atoms with E-state index in [1.807, 2.05) is 38.1 Å². The second-order valence-corrected chi connectivity index (χ2v) is 7.50. The van der Waals surface area contributed by atoms with Gasteiger partial charge >= 0.3 is 5.97 Å². The van der Waals surface area contributed by atoms with Crippen LogP contribution >= 0.6 is 11.8 Å². The first-order valence-corrected chi connectivity index (χ1v) is 10.4. The van der Waals surface area contributed by atoms with Crippen molar-refractivity contribution in [3.05, 3.63) is 54.0 Å². The average molecular weight is 413 g/mol. The Morgan fingerprint density at radius 3 is 2.59 bits per heavy atom. The molecule has 0 aliphatic heterocycles. The Bertz CT molecular complexity index is 988. The van der Waals surface area contributed by atoms with Crippen LogP contribution in [-0.2, 0) is 15.3 Å². The number of hydrogen-bond donors (Lipinski definition) is 0. The van der Waals surface area contributed by atoms with Gasteiger partial charge in [0, 0.05) is 35.1 Å². The summed E-state index contributed by atoms with van der Waals surface area (Å²) in [5.74, 6) is -0.0892. The maximum atomic E-state index is 13.3. The van der Waals surface area contributed by atoms with Crippen LogP contribution in [0, 0.1) is 0 Å². The van der Waals surface area contributed by atoms with Gasteiger partial charge in [0.25, 0.3) is 5.91 Å². The molecule has 0 N–H and O–H groups in total. The maximum absolute atomic E-state index is 13.3. The first-order chi connectivity index (χ1) is 14.0. The molecular weight excluding hydrogens is 390 g/mol. The predicted octanol–water partition coefficient (Wildman–Crippen LogP) is 3.93. The lowest BCUT2D eigenvalue weighted by atomic mass is 10.1. The summed E-state index contributed by atoms with van der Waals surface area (Å²) in [5, 5.41) is 1.47. The summed E-state index contributed by atoms with van der Waals surface area (Å²) < 4.78 is 10.9. The van der Waals surface area contributed by atoms with E-state index in [0.29, 0.717) is 16.5 Å². The van der Waals surface area contributed by atoms with Crippen LogP contribution in [0.15, 0.2) is 52.3 Å². The van der Waals surface area contributed by atoms with E-state index in [9.17, 15) is 9.59 Å². The molecule has 3 rings (SSSR count). The third-order valence-electron chi connectivity index (χ3n) is 4.27. The number of fused-ring (bicyclic) bond motifs is 1. The highest BCUT2D eigenvalue weighted by atomic mass is 32.2. The van der Waals surface area contributed by atoms with E-state index in [0.717, 1.165) is 10.9 Å². The van der Waals surface area contributed by atoms with Crippen molar-refractivity contribution < 1.29 is 18.7 Å². The van der Waals surface area contributed by atoms with Crippen molar-refractivity contribution in [2.75, 3.05) is 13.2 Å². The number of carbonyl (C=O) groups excluding carboxylic acids is 2. The fourth-order valence-electron chi connectivity index (χ4n) is 2.88. The van der Waals surface area contributed by atoms with Crippen molar-refractivity contribution in [3.63, 3.8) is 0 Å². The van der Waals surface area contributed by atoms with Gasteiger partial charge in [0.2, 0.25) is 0 Å². The van der Waals surface area contributed by atoms with Crippen LogP contribution in [-0.4, -0.2) is 45.9 Å². The van der Waals surface area contributed by atoms with Gasteiger partial charge in [0.05, 0.1) is 6.61 Å². The first kappa shape index (κ1) is 20.9. The van der Waals surface area contributed by atoms with Gasteiger partial charge < -0.3 is 14.1 Å². The monoisotopic (exact) mass is 413 g/mol. The van der Waals surface area contributed by atoms with Gasteiger partial charge in [-0.25, -0.2) is 9.97 Å². The normalized spacial score (nSPS) is 11.0. The molecule has 0 radical (unpaired) electrons. The van der Waals surface area contributed by atoms with Crippen molar-refractivity contribution >= 4 is 34.6 Å². The third kappa shape index (κ3) is 4.95. The molecule has 0 unspecified atom stereocenters. The van der Waals surface area contributed by atoms with Crippen LogP contribution in [0.2, 0.25) is 0 Å². The molecule has 0 saturated carbocycles. The number of ether oxygens (including phenoxy) is 1. The quantitative estimate of drug-likeness (QED) is 0.314. The number of nitrogens with zero attached hydrogens (tertiary/aromatic N) is 3. The van der Waals surface area contributed by atoms with E-state index in [1.165, 1.54) is 16.7 Å². The number of furan rings is 1. The lowest BCUT2D eigenvalue weighted by molar-refractivity contribution is -0.144. The van der Waals surface area contributed by atoms with Crippen LogP contribution in [0.1, 0.15) is 36.9 Å². The smallest absolute Gasteiger partial charge is 0.325 e. The van der Waals surface area contributed by atoms with E-state index < -0.39 is 5.97 Å². The highest BCUT2D eigenvalue weighted by Crippen LogP contribution is 2.32. The molecule has 0 saturated heterocycles. The highest BCUT2D eigenvalue weighted by molar-refractivity contribution is 7.98. The largest absolute Gasteiger partial charge is 0.465 e. The van der Waals surface area contributed by atoms with Crippen LogP contribution in [0.25, 0.3) is 11.0 Å². The third-order valence-corrected chi connectivity index (χ3v) is 5.17. The second kappa shape index (κ2) is 9.56. The van der Waals surface area contributed by atoms with E-state index in [2.05, 4.69) is 9.97 Å². The molecule has 2 aromatic heterocycles. The molecule has 7 nitrogen and oxygen atoms in total.